The number of carbonyl (C=O) groups is 4. The Hall–Kier alpha value is -4.87. The summed E-state index contributed by atoms with van der Waals surface area (Å²) in [6, 6.07) is 6.50. The summed E-state index contributed by atoms with van der Waals surface area (Å²) in [5.41, 5.74) is 5.41. The molecule has 8 rings (SSSR count). The second-order valence-electron chi connectivity index (χ2n) is 11.8. The maximum absolute atomic E-state index is 13.1. The zero-order valence-electron chi connectivity index (χ0n) is 22.7. The molecule has 0 bridgehead atoms. The zero-order valence-corrected chi connectivity index (χ0v) is 22.7. The molecule has 4 amide bonds. The lowest BCUT2D eigenvalue weighted by Gasteiger charge is -2.35. The molecule has 12 nitrogen and oxygen atoms in total. The van der Waals surface area contributed by atoms with Crippen molar-refractivity contribution in [3.8, 4) is 11.3 Å². The van der Waals surface area contributed by atoms with Gasteiger partial charge < -0.3 is 5.32 Å². The van der Waals surface area contributed by atoms with E-state index in [9.17, 15) is 19.2 Å². The summed E-state index contributed by atoms with van der Waals surface area (Å²) in [6.07, 6.45) is 10.3. The number of anilines is 1. The van der Waals surface area contributed by atoms with E-state index in [1.165, 1.54) is 0 Å². The number of hydrogen-bond acceptors (Lipinski definition) is 8. The fraction of sp³-hybridized carbons (Fsp3) is 0.367. The summed E-state index contributed by atoms with van der Waals surface area (Å²) >= 11 is 0. The van der Waals surface area contributed by atoms with Crippen LogP contribution in [0.1, 0.15) is 76.9 Å². The summed E-state index contributed by atoms with van der Waals surface area (Å²) in [5.74, 6) is -1.06. The molecule has 1 aromatic carbocycles. The molecular weight excluding hydrogens is 536 g/mol. The normalized spacial score (nSPS) is 23.7. The smallest absolute Gasteiger partial charge is 0.262 e. The lowest BCUT2D eigenvalue weighted by atomic mass is 9.80. The molecule has 212 valence electrons. The van der Waals surface area contributed by atoms with Crippen LogP contribution < -0.4 is 10.6 Å². The SMILES string of the molecule is O=C1CCC(N2C(=O)c3ccc(NCC4CC(n5cc(-c6cc7[nH]ncc7cn6)c(C6CC6)n5)C4)cc3C2=O)C(=O)N1. The van der Waals surface area contributed by atoms with Crippen LogP contribution >= 0.6 is 0 Å². The fourth-order valence-corrected chi connectivity index (χ4v) is 6.36. The number of aromatic nitrogens is 5. The Kier molecular flexibility index (Phi) is 5.53. The van der Waals surface area contributed by atoms with E-state index in [0.29, 0.717) is 17.9 Å². The van der Waals surface area contributed by atoms with Gasteiger partial charge in [-0.15, -0.1) is 0 Å². The molecule has 1 saturated heterocycles. The number of nitrogens with zero attached hydrogens (tertiary/aromatic N) is 5. The average molecular weight is 565 g/mol. The number of hydrogen-bond donors (Lipinski definition) is 3. The number of piperidine rings is 1. The van der Waals surface area contributed by atoms with Gasteiger partial charge in [-0.1, -0.05) is 0 Å². The fourth-order valence-electron chi connectivity index (χ4n) is 6.36. The van der Waals surface area contributed by atoms with Crippen LogP contribution in [0.4, 0.5) is 5.69 Å². The number of rotatable bonds is 7. The van der Waals surface area contributed by atoms with Gasteiger partial charge in [0.15, 0.2) is 0 Å². The molecular formula is C30H28N8O4. The van der Waals surface area contributed by atoms with Crippen molar-refractivity contribution >= 4 is 40.2 Å². The Bertz CT molecular complexity index is 1800. The van der Waals surface area contributed by atoms with E-state index >= 15 is 0 Å². The van der Waals surface area contributed by atoms with E-state index < -0.39 is 29.7 Å². The highest BCUT2D eigenvalue weighted by atomic mass is 16.2. The summed E-state index contributed by atoms with van der Waals surface area (Å²) in [7, 11) is 0. The first-order valence-electron chi connectivity index (χ1n) is 14.4. The zero-order chi connectivity index (χ0) is 28.5. The molecule has 2 aliphatic carbocycles. The average Bonchev–Trinajstić information content (AvgIpc) is 3.44. The Morgan fingerprint density at radius 2 is 1.79 bits per heavy atom. The number of fused-ring (bicyclic) bond motifs is 2. The summed E-state index contributed by atoms with van der Waals surface area (Å²) in [6.45, 7) is 0.732. The minimum Gasteiger partial charge on any atom is -0.385 e. The van der Waals surface area contributed by atoms with Crippen molar-refractivity contribution in [2.75, 3.05) is 11.9 Å². The summed E-state index contributed by atoms with van der Waals surface area (Å²) in [4.78, 5) is 55.6. The van der Waals surface area contributed by atoms with Crippen molar-refractivity contribution in [2.45, 2.75) is 56.5 Å². The second-order valence-corrected chi connectivity index (χ2v) is 11.8. The van der Waals surface area contributed by atoms with Gasteiger partial charge in [0.1, 0.15) is 6.04 Å². The van der Waals surface area contributed by atoms with Gasteiger partial charge in [0.25, 0.3) is 11.8 Å². The number of amides is 4. The van der Waals surface area contributed by atoms with E-state index in [0.717, 1.165) is 70.7 Å². The van der Waals surface area contributed by atoms with Crippen molar-refractivity contribution < 1.29 is 19.2 Å². The van der Waals surface area contributed by atoms with Crippen LogP contribution in [0.2, 0.25) is 0 Å². The minimum absolute atomic E-state index is 0.0958. The summed E-state index contributed by atoms with van der Waals surface area (Å²) in [5, 5.41) is 18.8. The minimum atomic E-state index is -0.967. The molecule has 0 spiro atoms. The lowest BCUT2D eigenvalue weighted by molar-refractivity contribution is -0.136. The molecule has 3 fully saturated rings. The molecule has 42 heavy (non-hydrogen) atoms. The lowest BCUT2D eigenvalue weighted by Crippen LogP contribution is -2.54. The van der Waals surface area contributed by atoms with Gasteiger partial charge in [0.2, 0.25) is 11.8 Å². The number of nitrogens with one attached hydrogen (secondary N) is 3. The van der Waals surface area contributed by atoms with Crippen LogP contribution in [0.3, 0.4) is 0 Å². The van der Waals surface area contributed by atoms with Crippen LogP contribution in [-0.2, 0) is 9.59 Å². The number of carbonyl (C=O) groups excluding carboxylic acids is 4. The third kappa shape index (κ3) is 4.08. The van der Waals surface area contributed by atoms with Crippen molar-refractivity contribution in [2.24, 2.45) is 5.92 Å². The van der Waals surface area contributed by atoms with Crippen LogP contribution in [-0.4, -0.2) is 66.1 Å². The molecule has 0 radical (unpaired) electrons. The standard InChI is InChI=1S/C30H28N8O4/c39-26-6-5-25(28(40)34-26)38-29(41)20-4-3-18(9-21(20)30(38)42)31-11-15-7-19(8-15)37-14-22(27(36-37)16-1-2-16)24-10-23-17(12-32-24)13-33-35-23/h3-4,9-10,12-16,19,25,31H,1-2,5-8,11H2,(H,33,35)(H,34,39,40). The van der Waals surface area contributed by atoms with Gasteiger partial charge in [-0.05, 0) is 62.3 Å². The first-order chi connectivity index (χ1) is 20.4. The molecule has 4 aromatic rings. The Labute approximate surface area is 239 Å². The molecule has 3 N–H and O–H groups in total. The van der Waals surface area contributed by atoms with E-state index in [2.05, 4.69) is 36.7 Å². The van der Waals surface area contributed by atoms with Gasteiger partial charge in [0, 0.05) is 47.9 Å². The molecule has 2 aliphatic heterocycles. The topological polar surface area (TPSA) is 155 Å². The molecule has 1 unspecified atom stereocenters. The number of imide groups is 2. The highest BCUT2D eigenvalue weighted by molar-refractivity contribution is 6.23. The van der Waals surface area contributed by atoms with Gasteiger partial charge in [-0.2, -0.15) is 10.2 Å². The predicted octanol–water partition coefficient (Wildman–Crippen LogP) is 3.16. The van der Waals surface area contributed by atoms with Crippen molar-refractivity contribution in [1.29, 1.82) is 0 Å². The van der Waals surface area contributed by atoms with Crippen LogP contribution in [0.25, 0.3) is 22.2 Å². The van der Waals surface area contributed by atoms with Crippen molar-refractivity contribution in [3.05, 3.63) is 59.7 Å². The number of pyridine rings is 1. The Balaban J connectivity index is 0.921. The van der Waals surface area contributed by atoms with Crippen molar-refractivity contribution in [3.63, 3.8) is 0 Å². The van der Waals surface area contributed by atoms with E-state index in [-0.39, 0.29) is 24.0 Å². The van der Waals surface area contributed by atoms with Gasteiger partial charge in [0.05, 0.1) is 40.3 Å². The van der Waals surface area contributed by atoms with Gasteiger partial charge in [-0.3, -0.25) is 44.2 Å². The highest BCUT2D eigenvalue weighted by Gasteiger charge is 2.44. The molecule has 12 heteroatoms. The second kappa shape index (κ2) is 9.33. The maximum atomic E-state index is 13.1. The van der Waals surface area contributed by atoms with E-state index in [1.54, 1.807) is 24.4 Å². The van der Waals surface area contributed by atoms with E-state index in [1.807, 2.05) is 12.3 Å². The Morgan fingerprint density at radius 1 is 0.952 bits per heavy atom. The molecule has 4 aliphatic rings. The predicted molar refractivity (Wildman–Crippen MR) is 150 cm³/mol. The molecule has 2 saturated carbocycles. The summed E-state index contributed by atoms with van der Waals surface area (Å²) < 4.78 is 2.11. The number of H-pyrrole nitrogens is 1. The van der Waals surface area contributed by atoms with Gasteiger partial charge >= 0.3 is 0 Å². The highest BCUT2D eigenvalue weighted by Crippen LogP contribution is 2.45. The maximum Gasteiger partial charge on any atom is 0.262 e. The van der Waals surface area contributed by atoms with Crippen molar-refractivity contribution in [1.82, 2.24) is 35.2 Å². The largest absolute Gasteiger partial charge is 0.385 e. The monoisotopic (exact) mass is 564 g/mol. The third-order valence-corrected chi connectivity index (χ3v) is 8.94. The number of benzene rings is 1. The van der Waals surface area contributed by atoms with Crippen LogP contribution in [0.5, 0.6) is 0 Å². The molecule has 3 aromatic heterocycles. The molecule has 1 atom stereocenters. The van der Waals surface area contributed by atoms with Crippen LogP contribution in [0, 0.1) is 5.92 Å². The first kappa shape index (κ1) is 24.9. The van der Waals surface area contributed by atoms with Crippen LogP contribution in [0.15, 0.2) is 42.9 Å². The quantitative estimate of drug-likeness (QED) is 0.289. The third-order valence-electron chi connectivity index (χ3n) is 8.94. The number of aromatic amines is 1. The molecule has 5 heterocycles. The Morgan fingerprint density at radius 3 is 2.60 bits per heavy atom. The van der Waals surface area contributed by atoms with E-state index in [4.69, 9.17) is 5.10 Å². The first-order valence-corrected chi connectivity index (χ1v) is 14.4. The van der Waals surface area contributed by atoms with Gasteiger partial charge in [-0.25, -0.2) is 0 Å².